The molecule has 0 saturated heterocycles. The second kappa shape index (κ2) is 7.56. The normalized spacial score (nSPS) is 12.1. The van der Waals surface area contributed by atoms with Crippen LogP contribution < -0.4 is 5.32 Å². The van der Waals surface area contributed by atoms with E-state index in [1.807, 2.05) is 13.8 Å². The minimum absolute atomic E-state index is 0.383. The van der Waals surface area contributed by atoms with E-state index >= 15 is 0 Å². The average molecular weight is 267 g/mol. The van der Waals surface area contributed by atoms with Gasteiger partial charge in [-0.2, -0.15) is 5.10 Å². The lowest BCUT2D eigenvalue weighted by atomic mass is 10.1. The number of unbranched alkanes of at least 4 members (excludes halogenated alkanes) is 1. The maximum absolute atomic E-state index is 11.9. The third-order valence-corrected chi connectivity index (χ3v) is 2.80. The smallest absolute Gasteiger partial charge is 0.326 e. The number of carbonyl (C=O) groups is 2. The van der Waals surface area contributed by atoms with Gasteiger partial charge in [-0.15, -0.1) is 0 Å². The molecule has 1 aromatic heterocycles. The van der Waals surface area contributed by atoms with Crippen molar-refractivity contribution in [3.63, 3.8) is 0 Å². The summed E-state index contributed by atoms with van der Waals surface area (Å²) in [5.74, 6) is -1.38. The minimum atomic E-state index is -0.997. The largest absolute Gasteiger partial charge is 0.480 e. The highest BCUT2D eigenvalue weighted by Gasteiger charge is 2.20. The van der Waals surface area contributed by atoms with E-state index in [1.54, 1.807) is 10.9 Å². The maximum atomic E-state index is 11.9. The predicted octanol–water partition coefficient (Wildman–Crippen LogP) is 1.67. The number of nitrogens with one attached hydrogen (secondary N) is 1. The standard InChI is InChI=1S/C13H21N3O3/c1-3-5-6-11(13(18)19)15-12(17)10-8-14-16(9-10)7-4-2/h8-9,11H,3-7H2,1-2H3,(H,15,17)(H,18,19). The summed E-state index contributed by atoms with van der Waals surface area (Å²) < 4.78 is 1.68. The zero-order chi connectivity index (χ0) is 14.3. The van der Waals surface area contributed by atoms with Crippen LogP contribution in [0.4, 0.5) is 0 Å². The third kappa shape index (κ3) is 4.73. The van der Waals surface area contributed by atoms with Crippen LogP contribution in [-0.4, -0.2) is 32.8 Å². The Labute approximate surface area is 112 Å². The molecule has 1 rings (SSSR count). The Hall–Kier alpha value is -1.85. The molecule has 2 N–H and O–H groups in total. The summed E-state index contributed by atoms with van der Waals surface area (Å²) in [6, 6.07) is -0.832. The molecule has 0 saturated carbocycles. The number of rotatable bonds is 8. The predicted molar refractivity (Wildman–Crippen MR) is 70.9 cm³/mol. The van der Waals surface area contributed by atoms with E-state index in [0.29, 0.717) is 12.0 Å². The molecule has 0 bridgehead atoms. The van der Waals surface area contributed by atoms with Crippen molar-refractivity contribution in [3.05, 3.63) is 18.0 Å². The summed E-state index contributed by atoms with van der Waals surface area (Å²) in [7, 11) is 0. The molecule has 6 nitrogen and oxygen atoms in total. The summed E-state index contributed by atoms with van der Waals surface area (Å²) in [6.45, 7) is 4.74. The van der Waals surface area contributed by atoms with Gasteiger partial charge in [-0.3, -0.25) is 9.48 Å². The van der Waals surface area contributed by atoms with E-state index in [0.717, 1.165) is 25.8 Å². The summed E-state index contributed by atoms with van der Waals surface area (Å²) >= 11 is 0. The van der Waals surface area contributed by atoms with Crippen molar-refractivity contribution in [1.29, 1.82) is 0 Å². The van der Waals surface area contributed by atoms with Crippen LogP contribution in [0.1, 0.15) is 49.9 Å². The Morgan fingerprint density at radius 3 is 2.74 bits per heavy atom. The summed E-state index contributed by atoms with van der Waals surface area (Å²) in [5, 5.41) is 15.6. The van der Waals surface area contributed by atoms with Crippen LogP contribution in [-0.2, 0) is 11.3 Å². The average Bonchev–Trinajstić information content (AvgIpc) is 2.83. The molecular formula is C13H21N3O3. The molecule has 0 aliphatic carbocycles. The second-order valence-corrected chi connectivity index (χ2v) is 4.50. The number of nitrogens with zero attached hydrogens (tertiary/aromatic N) is 2. The number of carboxylic acid groups (broad SMARTS) is 1. The molecule has 1 amide bonds. The highest BCUT2D eigenvalue weighted by Crippen LogP contribution is 2.04. The Bertz CT molecular complexity index is 429. The SMILES string of the molecule is CCCCC(NC(=O)c1cnn(CCC)c1)C(=O)O. The fourth-order valence-electron chi connectivity index (χ4n) is 1.74. The van der Waals surface area contributed by atoms with E-state index < -0.39 is 12.0 Å². The number of aliphatic carboxylic acids is 1. The van der Waals surface area contributed by atoms with Crippen LogP contribution in [0, 0.1) is 0 Å². The van der Waals surface area contributed by atoms with Gasteiger partial charge < -0.3 is 10.4 Å². The third-order valence-electron chi connectivity index (χ3n) is 2.80. The minimum Gasteiger partial charge on any atom is -0.480 e. The number of amides is 1. The van der Waals surface area contributed by atoms with E-state index in [1.165, 1.54) is 6.20 Å². The van der Waals surface area contributed by atoms with Crippen molar-refractivity contribution in [2.45, 2.75) is 52.1 Å². The summed E-state index contributed by atoms with van der Waals surface area (Å²) in [6.07, 6.45) is 6.14. The number of carbonyl (C=O) groups excluding carboxylic acids is 1. The lowest BCUT2D eigenvalue weighted by Crippen LogP contribution is -2.40. The van der Waals surface area contributed by atoms with Gasteiger partial charge in [-0.1, -0.05) is 26.7 Å². The summed E-state index contributed by atoms with van der Waals surface area (Å²) in [4.78, 5) is 23.0. The van der Waals surface area contributed by atoms with Gasteiger partial charge in [-0.25, -0.2) is 4.79 Å². The first-order valence-electron chi connectivity index (χ1n) is 6.64. The van der Waals surface area contributed by atoms with E-state index in [2.05, 4.69) is 10.4 Å². The van der Waals surface area contributed by atoms with Gasteiger partial charge in [0.25, 0.3) is 5.91 Å². The molecule has 0 radical (unpaired) electrons. The van der Waals surface area contributed by atoms with Crippen molar-refractivity contribution >= 4 is 11.9 Å². The molecule has 0 spiro atoms. The van der Waals surface area contributed by atoms with Gasteiger partial charge in [0, 0.05) is 12.7 Å². The number of carboxylic acids is 1. The lowest BCUT2D eigenvalue weighted by Gasteiger charge is -2.13. The van der Waals surface area contributed by atoms with Gasteiger partial charge in [0.15, 0.2) is 0 Å². The van der Waals surface area contributed by atoms with Crippen LogP contribution in [0.25, 0.3) is 0 Å². The number of aromatic nitrogens is 2. The van der Waals surface area contributed by atoms with E-state index in [-0.39, 0.29) is 5.91 Å². The van der Waals surface area contributed by atoms with E-state index in [9.17, 15) is 9.59 Å². The van der Waals surface area contributed by atoms with Crippen LogP contribution in [0.15, 0.2) is 12.4 Å². The molecular weight excluding hydrogens is 246 g/mol. The fraction of sp³-hybridized carbons (Fsp3) is 0.615. The molecule has 19 heavy (non-hydrogen) atoms. The van der Waals surface area contributed by atoms with Gasteiger partial charge in [0.05, 0.1) is 11.8 Å². The van der Waals surface area contributed by atoms with Gasteiger partial charge >= 0.3 is 5.97 Å². The Balaban J connectivity index is 2.62. The zero-order valence-electron chi connectivity index (χ0n) is 11.4. The van der Waals surface area contributed by atoms with Crippen molar-refractivity contribution in [2.24, 2.45) is 0 Å². The van der Waals surface area contributed by atoms with Crippen LogP contribution in [0.2, 0.25) is 0 Å². The highest BCUT2D eigenvalue weighted by molar-refractivity contribution is 5.96. The van der Waals surface area contributed by atoms with Crippen molar-refractivity contribution in [3.8, 4) is 0 Å². The van der Waals surface area contributed by atoms with Crippen molar-refractivity contribution < 1.29 is 14.7 Å². The molecule has 1 aromatic rings. The van der Waals surface area contributed by atoms with Crippen LogP contribution in [0.5, 0.6) is 0 Å². The lowest BCUT2D eigenvalue weighted by molar-refractivity contribution is -0.139. The zero-order valence-corrected chi connectivity index (χ0v) is 11.4. The first-order valence-corrected chi connectivity index (χ1v) is 6.64. The first-order chi connectivity index (χ1) is 9.08. The quantitative estimate of drug-likeness (QED) is 0.750. The second-order valence-electron chi connectivity index (χ2n) is 4.50. The van der Waals surface area contributed by atoms with Crippen molar-refractivity contribution in [2.75, 3.05) is 0 Å². The maximum Gasteiger partial charge on any atom is 0.326 e. The molecule has 0 aromatic carbocycles. The first kappa shape index (κ1) is 15.2. The van der Waals surface area contributed by atoms with Crippen LogP contribution >= 0.6 is 0 Å². The molecule has 0 aliphatic rings. The Morgan fingerprint density at radius 1 is 1.42 bits per heavy atom. The van der Waals surface area contributed by atoms with Crippen LogP contribution in [0.3, 0.4) is 0 Å². The molecule has 0 fully saturated rings. The monoisotopic (exact) mass is 267 g/mol. The Morgan fingerprint density at radius 2 is 2.16 bits per heavy atom. The molecule has 0 aliphatic heterocycles. The van der Waals surface area contributed by atoms with Gasteiger partial charge in [-0.05, 0) is 12.8 Å². The van der Waals surface area contributed by atoms with Gasteiger partial charge in [0.1, 0.15) is 6.04 Å². The molecule has 1 atom stereocenters. The summed E-state index contributed by atoms with van der Waals surface area (Å²) in [5.41, 5.74) is 0.399. The molecule has 6 heteroatoms. The number of hydrogen-bond acceptors (Lipinski definition) is 3. The van der Waals surface area contributed by atoms with Crippen molar-refractivity contribution in [1.82, 2.24) is 15.1 Å². The number of hydrogen-bond donors (Lipinski definition) is 2. The fourth-order valence-corrected chi connectivity index (χ4v) is 1.74. The number of aryl methyl sites for hydroxylation is 1. The molecule has 1 heterocycles. The van der Waals surface area contributed by atoms with E-state index in [4.69, 9.17) is 5.11 Å². The van der Waals surface area contributed by atoms with Gasteiger partial charge in [0.2, 0.25) is 0 Å². The Kier molecular flexibility index (Phi) is 6.05. The molecule has 106 valence electrons. The highest BCUT2D eigenvalue weighted by atomic mass is 16.4. The topological polar surface area (TPSA) is 84.2 Å². The molecule has 1 unspecified atom stereocenters.